The van der Waals surface area contributed by atoms with Crippen molar-refractivity contribution in [2.24, 2.45) is 5.84 Å². The molecular weight excluding hydrogens is 286 g/mol. The number of nitrogen functional groups attached to an aromatic ring is 1. The lowest BCUT2D eigenvalue weighted by atomic mass is 10.1. The second-order valence-corrected chi connectivity index (χ2v) is 5.27. The van der Waals surface area contributed by atoms with Crippen molar-refractivity contribution in [2.45, 2.75) is 13.0 Å². The van der Waals surface area contributed by atoms with Gasteiger partial charge in [0.05, 0.1) is 17.3 Å². The highest BCUT2D eigenvalue weighted by atomic mass is 35.5. The second-order valence-electron chi connectivity index (χ2n) is 4.83. The summed E-state index contributed by atoms with van der Waals surface area (Å²) in [5.41, 5.74) is 4.73. The maximum absolute atomic E-state index is 12.6. The molecular formula is C16H18ClN3O. The van der Waals surface area contributed by atoms with Gasteiger partial charge in [0.15, 0.2) is 0 Å². The van der Waals surface area contributed by atoms with Crippen LogP contribution in [0.4, 0.5) is 5.69 Å². The van der Waals surface area contributed by atoms with E-state index in [1.807, 2.05) is 43.3 Å². The van der Waals surface area contributed by atoms with E-state index in [9.17, 15) is 4.79 Å². The maximum atomic E-state index is 12.6. The van der Waals surface area contributed by atoms with Crippen LogP contribution in [0.3, 0.4) is 0 Å². The molecule has 0 aliphatic rings. The van der Waals surface area contributed by atoms with E-state index >= 15 is 0 Å². The van der Waals surface area contributed by atoms with Crippen LogP contribution in [0.1, 0.15) is 28.9 Å². The zero-order chi connectivity index (χ0) is 15.4. The van der Waals surface area contributed by atoms with Gasteiger partial charge in [-0.2, -0.15) is 0 Å². The molecule has 21 heavy (non-hydrogen) atoms. The first-order valence-corrected chi connectivity index (χ1v) is 7.00. The third-order valence-corrected chi connectivity index (χ3v) is 3.82. The minimum Gasteiger partial charge on any atom is -0.335 e. The lowest BCUT2D eigenvalue weighted by molar-refractivity contribution is 0.0743. The van der Waals surface area contributed by atoms with Crippen LogP contribution in [0.25, 0.3) is 0 Å². The Morgan fingerprint density at radius 2 is 1.81 bits per heavy atom. The normalized spacial score (nSPS) is 11.8. The number of carbonyl (C=O) groups excluding carboxylic acids is 1. The first-order valence-electron chi connectivity index (χ1n) is 6.63. The number of nitrogens with one attached hydrogen (secondary N) is 1. The molecule has 0 saturated heterocycles. The number of para-hydroxylation sites is 1. The van der Waals surface area contributed by atoms with Gasteiger partial charge >= 0.3 is 0 Å². The number of amides is 1. The van der Waals surface area contributed by atoms with Gasteiger partial charge in [0, 0.05) is 12.1 Å². The van der Waals surface area contributed by atoms with E-state index in [2.05, 4.69) is 5.43 Å². The quantitative estimate of drug-likeness (QED) is 0.672. The van der Waals surface area contributed by atoms with Crippen LogP contribution >= 0.6 is 11.6 Å². The molecule has 2 rings (SSSR count). The molecule has 0 saturated carbocycles. The fourth-order valence-electron chi connectivity index (χ4n) is 2.13. The molecule has 4 nitrogen and oxygen atoms in total. The van der Waals surface area contributed by atoms with Gasteiger partial charge in [-0.1, -0.05) is 35.9 Å². The van der Waals surface area contributed by atoms with Gasteiger partial charge < -0.3 is 10.3 Å². The fourth-order valence-corrected chi connectivity index (χ4v) is 2.25. The van der Waals surface area contributed by atoms with Crippen molar-refractivity contribution in [2.75, 3.05) is 12.5 Å². The molecule has 0 heterocycles. The largest absolute Gasteiger partial charge is 0.335 e. The molecule has 2 aromatic rings. The third kappa shape index (κ3) is 3.35. The molecule has 110 valence electrons. The van der Waals surface area contributed by atoms with Crippen LogP contribution < -0.4 is 11.3 Å². The van der Waals surface area contributed by atoms with E-state index in [1.54, 1.807) is 24.1 Å². The van der Waals surface area contributed by atoms with E-state index in [4.69, 9.17) is 17.4 Å². The van der Waals surface area contributed by atoms with Crippen molar-refractivity contribution in [1.29, 1.82) is 0 Å². The predicted molar refractivity (Wildman–Crippen MR) is 86.2 cm³/mol. The van der Waals surface area contributed by atoms with Crippen molar-refractivity contribution < 1.29 is 4.79 Å². The number of hydrogen-bond acceptors (Lipinski definition) is 3. The third-order valence-electron chi connectivity index (χ3n) is 3.57. The van der Waals surface area contributed by atoms with Crippen LogP contribution in [0.5, 0.6) is 0 Å². The average molecular weight is 304 g/mol. The molecule has 0 spiro atoms. The Hall–Kier alpha value is -2.04. The van der Waals surface area contributed by atoms with Gasteiger partial charge in [-0.25, -0.2) is 0 Å². The number of nitrogens with zero attached hydrogens (tertiary/aromatic N) is 1. The van der Waals surface area contributed by atoms with Crippen LogP contribution in [-0.2, 0) is 0 Å². The van der Waals surface area contributed by atoms with Crippen molar-refractivity contribution >= 4 is 23.2 Å². The van der Waals surface area contributed by atoms with Gasteiger partial charge in [0.2, 0.25) is 0 Å². The summed E-state index contributed by atoms with van der Waals surface area (Å²) in [5, 5.41) is 0.678. The van der Waals surface area contributed by atoms with Gasteiger partial charge in [-0.15, -0.1) is 0 Å². The number of carbonyl (C=O) groups is 1. The summed E-state index contributed by atoms with van der Waals surface area (Å²) in [5.74, 6) is 5.37. The fraction of sp³-hybridized carbons (Fsp3) is 0.188. The van der Waals surface area contributed by atoms with Gasteiger partial charge in [-0.3, -0.25) is 10.6 Å². The van der Waals surface area contributed by atoms with E-state index < -0.39 is 0 Å². The Morgan fingerprint density at radius 3 is 2.43 bits per heavy atom. The molecule has 0 aliphatic heterocycles. The maximum Gasteiger partial charge on any atom is 0.256 e. The molecule has 0 fully saturated rings. The van der Waals surface area contributed by atoms with Gasteiger partial charge in [0.25, 0.3) is 5.91 Å². The zero-order valence-electron chi connectivity index (χ0n) is 12.0. The monoisotopic (exact) mass is 303 g/mol. The van der Waals surface area contributed by atoms with Crippen molar-refractivity contribution in [1.82, 2.24) is 4.90 Å². The summed E-state index contributed by atoms with van der Waals surface area (Å²) in [6.45, 7) is 1.97. The minimum absolute atomic E-state index is 0.0689. The first-order chi connectivity index (χ1) is 10.0. The summed E-state index contributed by atoms with van der Waals surface area (Å²) >= 11 is 5.89. The molecule has 1 unspecified atom stereocenters. The van der Waals surface area contributed by atoms with Crippen molar-refractivity contribution in [3.63, 3.8) is 0 Å². The van der Waals surface area contributed by atoms with Crippen LogP contribution in [0, 0.1) is 0 Å². The highest BCUT2D eigenvalue weighted by Crippen LogP contribution is 2.24. The van der Waals surface area contributed by atoms with E-state index in [0.29, 0.717) is 16.3 Å². The number of nitrogens with two attached hydrogens (primary N) is 1. The molecule has 3 N–H and O–H groups in total. The smallest absolute Gasteiger partial charge is 0.256 e. The summed E-state index contributed by atoms with van der Waals surface area (Å²) in [4.78, 5) is 14.3. The number of hydrazine groups is 1. The molecule has 0 bridgehead atoms. The second kappa shape index (κ2) is 6.61. The Balaban J connectivity index is 2.24. The number of rotatable bonds is 4. The van der Waals surface area contributed by atoms with Gasteiger partial charge in [0.1, 0.15) is 0 Å². The van der Waals surface area contributed by atoms with Crippen LogP contribution in [-0.4, -0.2) is 17.9 Å². The molecule has 2 aromatic carbocycles. The molecule has 5 heteroatoms. The number of anilines is 1. The number of benzene rings is 2. The lowest BCUT2D eigenvalue weighted by Gasteiger charge is -2.26. The SMILES string of the molecule is CC(c1ccc(Cl)cc1)N(C)C(=O)c1ccccc1NN. The van der Waals surface area contributed by atoms with E-state index in [-0.39, 0.29) is 11.9 Å². The average Bonchev–Trinajstić information content (AvgIpc) is 2.53. The summed E-state index contributed by atoms with van der Waals surface area (Å²) in [6.07, 6.45) is 0. The molecule has 1 amide bonds. The summed E-state index contributed by atoms with van der Waals surface area (Å²) in [7, 11) is 1.77. The molecule has 0 aliphatic carbocycles. The first kappa shape index (κ1) is 15.4. The predicted octanol–water partition coefficient (Wildman–Crippen LogP) is 3.46. The zero-order valence-corrected chi connectivity index (χ0v) is 12.8. The highest BCUT2D eigenvalue weighted by Gasteiger charge is 2.20. The van der Waals surface area contributed by atoms with E-state index in [0.717, 1.165) is 5.56 Å². The highest BCUT2D eigenvalue weighted by molar-refractivity contribution is 6.30. The summed E-state index contributed by atoms with van der Waals surface area (Å²) < 4.78 is 0. The van der Waals surface area contributed by atoms with E-state index in [1.165, 1.54) is 0 Å². The molecule has 0 radical (unpaired) electrons. The van der Waals surface area contributed by atoms with Crippen molar-refractivity contribution in [3.8, 4) is 0 Å². The summed E-state index contributed by atoms with van der Waals surface area (Å²) in [6, 6.07) is 14.6. The van der Waals surface area contributed by atoms with Crippen LogP contribution in [0.2, 0.25) is 5.02 Å². The van der Waals surface area contributed by atoms with Gasteiger partial charge in [-0.05, 0) is 36.8 Å². The Bertz CT molecular complexity index is 628. The lowest BCUT2D eigenvalue weighted by Crippen LogP contribution is -2.30. The standard InChI is InChI=1S/C16H18ClN3O/c1-11(12-7-9-13(17)10-8-12)20(2)16(21)14-5-3-4-6-15(14)19-18/h3-11,19H,18H2,1-2H3. The topological polar surface area (TPSA) is 58.4 Å². The Morgan fingerprint density at radius 1 is 1.19 bits per heavy atom. The Kier molecular flexibility index (Phi) is 4.83. The molecule has 0 aromatic heterocycles. The number of halogens is 1. The van der Waals surface area contributed by atoms with Crippen LogP contribution in [0.15, 0.2) is 48.5 Å². The van der Waals surface area contributed by atoms with Crippen molar-refractivity contribution in [3.05, 3.63) is 64.7 Å². The number of hydrogen-bond donors (Lipinski definition) is 2. The minimum atomic E-state index is -0.0917. The molecule has 1 atom stereocenters. The Labute approximate surface area is 129 Å².